The van der Waals surface area contributed by atoms with E-state index in [4.69, 9.17) is 4.74 Å². The van der Waals surface area contributed by atoms with Crippen LogP contribution >= 0.6 is 0 Å². The Balaban J connectivity index is 2.20. The molecule has 0 heterocycles. The summed E-state index contributed by atoms with van der Waals surface area (Å²) >= 11 is 0. The molecule has 0 saturated carbocycles. The van der Waals surface area contributed by atoms with Crippen LogP contribution in [0.25, 0.3) is 0 Å². The van der Waals surface area contributed by atoms with E-state index in [1.54, 1.807) is 38.4 Å². The molecule has 0 aliphatic carbocycles. The Bertz CT molecular complexity index is 956. The predicted octanol–water partition coefficient (Wildman–Crippen LogP) is 1.66. The fourth-order valence-corrected chi connectivity index (χ4v) is 3.41. The lowest BCUT2D eigenvalue weighted by atomic mass is 10.2. The molecule has 8 nitrogen and oxygen atoms in total. The molecule has 2 aromatic rings. The molecule has 1 N–H and O–H groups in total. The van der Waals surface area contributed by atoms with Gasteiger partial charge in [0.25, 0.3) is 15.9 Å². The van der Waals surface area contributed by atoms with Gasteiger partial charge in [-0.2, -0.15) is 0 Å². The number of nitrogens with one attached hydrogen (secondary N) is 1. The minimum atomic E-state index is -3.89. The highest BCUT2D eigenvalue weighted by molar-refractivity contribution is 7.92. The second-order valence-corrected chi connectivity index (χ2v) is 7.99. The lowest BCUT2D eigenvalue weighted by Gasteiger charge is -2.19. The van der Waals surface area contributed by atoms with Gasteiger partial charge in [-0.25, -0.2) is 8.42 Å². The summed E-state index contributed by atoms with van der Waals surface area (Å²) in [5.41, 5.74) is 0.540. The van der Waals surface area contributed by atoms with Crippen molar-refractivity contribution in [1.82, 2.24) is 9.80 Å². The van der Waals surface area contributed by atoms with E-state index in [1.165, 1.54) is 48.2 Å². The summed E-state index contributed by atoms with van der Waals surface area (Å²) in [7, 11) is 2.31. The standard InChI is InChI=1S/C19H23N3O5S/c1-21(2)18(23)13-22(3)19(24)14-6-5-7-17(12-14)28(25,26)20-15-8-10-16(27-4)11-9-15/h5-12,20H,13H2,1-4H3. The highest BCUT2D eigenvalue weighted by Crippen LogP contribution is 2.20. The van der Waals surface area contributed by atoms with Crippen LogP contribution in [-0.4, -0.2) is 64.8 Å². The Kier molecular flexibility index (Phi) is 6.63. The van der Waals surface area contributed by atoms with Gasteiger partial charge in [0.2, 0.25) is 5.91 Å². The van der Waals surface area contributed by atoms with E-state index in [9.17, 15) is 18.0 Å². The lowest BCUT2D eigenvalue weighted by molar-refractivity contribution is -0.129. The van der Waals surface area contributed by atoms with Crippen molar-refractivity contribution in [2.24, 2.45) is 0 Å². The summed E-state index contributed by atoms with van der Waals surface area (Å²) in [4.78, 5) is 26.9. The van der Waals surface area contributed by atoms with Crippen LogP contribution in [0.5, 0.6) is 5.75 Å². The second-order valence-electron chi connectivity index (χ2n) is 6.31. The number of hydrogen-bond donors (Lipinski definition) is 1. The number of likely N-dealkylation sites (N-methyl/N-ethyl adjacent to an activating group) is 2. The quantitative estimate of drug-likeness (QED) is 0.756. The molecule has 0 aliphatic heterocycles. The van der Waals surface area contributed by atoms with Crippen LogP contribution in [0.4, 0.5) is 5.69 Å². The van der Waals surface area contributed by atoms with Crippen molar-refractivity contribution in [3.05, 3.63) is 54.1 Å². The van der Waals surface area contributed by atoms with Gasteiger partial charge < -0.3 is 14.5 Å². The molecule has 0 bridgehead atoms. The molecule has 0 spiro atoms. The van der Waals surface area contributed by atoms with E-state index in [1.807, 2.05) is 0 Å². The molecule has 2 rings (SSSR count). The molecular weight excluding hydrogens is 382 g/mol. The van der Waals surface area contributed by atoms with Gasteiger partial charge in [0.1, 0.15) is 5.75 Å². The summed E-state index contributed by atoms with van der Waals surface area (Å²) in [6, 6.07) is 12.1. The molecule has 150 valence electrons. The van der Waals surface area contributed by atoms with Crippen LogP contribution in [0.2, 0.25) is 0 Å². The summed E-state index contributed by atoms with van der Waals surface area (Å²) in [6.45, 7) is -0.104. The second kappa shape index (κ2) is 8.75. The van der Waals surface area contributed by atoms with Gasteiger partial charge >= 0.3 is 0 Å². The average Bonchev–Trinajstić information content (AvgIpc) is 2.67. The molecule has 0 aromatic heterocycles. The highest BCUT2D eigenvalue weighted by Gasteiger charge is 2.20. The summed E-state index contributed by atoms with van der Waals surface area (Å²) in [5, 5.41) is 0. The van der Waals surface area contributed by atoms with Crippen molar-refractivity contribution in [3.8, 4) is 5.75 Å². The first-order valence-electron chi connectivity index (χ1n) is 8.36. The van der Waals surface area contributed by atoms with Crippen LogP contribution in [0.3, 0.4) is 0 Å². The number of hydrogen-bond acceptors (Lipinski definition) is 5. The lowest BCUT2D eigenvalue weighted by Crippen LogP contribution is -2.37. The van der Waals surface area contributed by atoms with Crippen molar-refractivity contribution in [1.29, 1.82) is 0 Å². The number of carbonyl (C=O) groups excluding carboxylic acids is 2. The normalized spacial score (nSPS) is 10.9. The Morgan fingerprint density at radius 2 is 1.68 bits per heavy atom. The van der Waals surface area contributed by atoms with Gasteiger partial charge in [0.05, 0.1) is 18.6 Å². The fraction of sp³-hybridized carbons (Fsp3) is 0.263. The number of carbonyl (C=O) groups is 2. The van der Waals surface area contributed by atoms with Crippen molar-refractivity contribution in [2.45, 2.75) is 4.90 Å². The first kappa shape index (κ1) is 21.2. The highest BCUT2D eigenvalue weighted by atomic mass is 32.2. The molecule has 0 atom stereocenters. The zero-order chi connectivity index (χ0) is 20.9. The van der Waals surface area contributed by atoms with Gasteiger partial charge in [0, 0.05) is 32.4 Å². The molecule has 0 aliphatic rings. The Labute approximate surface area is 164 Å². The topological polar surface area (TPSA) is 96.0 Å². The van der Waals surface area contributed by atoms with E-state index in [-0.39, 0.29) is 22.9 Å². The van der Waals surface area contributed by atoms with Crippen molar-refractivity contribution in [2.75, 3.05) is 39.5 Å². The largest absolute Gasteiger partial charge is 0.497 e. The zero-order valence-electron chi connectivity index (χ0n) is 16.2. The van der Waals surface area contributed by atoms with Gasteiger partial charge in [-0.1, -0.05) is 6.07 Å². The monoisotopic (exact) mass is 405 g/mol. The number of methoxy groups -OCH3 is 1. The maximum absolute atomic E-state index is 12.6. The number of rotatable bonds is 7. The van der Waals surface area contributed by atoms with Crippen LogP contribution in [-0.2, 0) is 14.8 Å². The molecule has 28 heavy (non-hydrogen) atoms. The molecule has 0 radical (unpaired) electrons. The molecule has 2 aromatic carbocycles. The summed E-state index contributed by atoms with van der Waals surface area (Å²) in [6.07, 6.45) is 0. The van der Waals surface area contributed by atoms with Crippen LogP contribution in [0.1, 0.15) is 10.4 Å². The van der Waals surface area contributed by atoms with E-state index in [0.717, 1.165) is 0 Å². The maximum atomic E-state index is 12.6. The van der Waals surface area contributed by atoms with E-state index < -0.39 is 15.9 Å². The first-order chi connectivity index (χ1) is 13.1. The number of benzene rings is 2. The number of sulfonamides is 1. The number of amides is 2. The third-order valence-electron chi connectivity index (χ3n) is 3.95. The van der Waals surface area contributed by atoms with E-state index in [2.05, 4.69) is 4.72 Å². The van der Waals surface area contributed by atoms with Crippen molar-refractivity contribution < 1.29 is 22.7 Å². The molecule has 2 amide bonds. The zero-order valence-corrected chi connectivity index (χ0v) is 17.0. The molecule has 0 fully saturated rings. The van der Waals surface area contributed by atoms with E-state index >= 15 is 0 Å². The molecule has 9 heteroatoms. The van der Waals surface area contributed by atoms with Gasteiger partial charge in [-0.3, -0.25) is 14.3 Å². The molecule has 0 unspecified atom stereocenters. The third-order valence-corrected chi connectivity index (χ3v) is 5.33. The molecular formula is C19H23N3O5S. The Morgan fingerprint density at radius 3 is 2.25 bits per heavy atom. The summed E-state index contributed by atoms with van der Waals surface area (Å²) in [5.74, 6) is -0.0802. The van der Waals surface area contributed by atoms with Crippen LogP contribution in [0.15, 0.2) is 53.4 Å². The Morgan fingerprint density at radius 1 is 1.04 bits per heavy atom. The predicted molar refractivity (Wildman–Crippen MR) is 106 cm³/mol. The van der Waals surface area contributed by atoms with Gasteiger partial charge in [0.15, 0.2) is 0 Å². The molecule has 0 saturated heterocycles. The van der Waals surface area contributed by atoms with Crippen molar-refractivity contribution >= 4 is 27.5 Å². The SMILES string of the molecule is COc1ccc(NS(=O)(=O)c2cccc(C(=O)N(C)CC(=O)N(C)C)c2)cc1. The number of ether oxygens (including phenoxy) is 1. The van der Waals surface area contributed by atoms with E-state index in [0.29, 0.717) is 11.4 Å². The van der Waals surface area contributed by atoms with Gasteiger partial charge in [-0.15, -0.1) is 0 Å². The number of anilines is 1. The first-order valence-corrected chi connectivity index (χ1v) is 9.85. The van der Waals surface area contributed by atoms with Crippen LogP contribution in [0, 0.1) is 0 Å². The summed E-state index contributed by atoms with van der Waals surface area (Å²) < 4.78 is 32.8. The smallest absolute Gasteiger partial charge is 0.261 e. The van der Waals surface area contributed by atoms with Gasteiger partial charge in [-0.05, 0) is 42.5 Å². The van der Waals surface area contributed by atoms with Crippen LogP contribution < -0.4 is 9.46 Å². The third kappa shape index (κ3) is 5.23. The fourth-order valence-electron chi connectivity index (χ4n) is 2.31. The minimum Gasteiger partial charge on any atom is -0.497 e. The maximum Gasteiger partial charge on any atom is 0.261 e. The minimum absolute atomic E-state index is 0.0542. The Hall–Kier alpha value is -3.07. The average molecular weight is 405 g/mol. The number of nitrogens with zero attached hydrogens (tertiary/aromatic N) is 2. The van der Waals surface area contributed by atoms with Crippen molar-refractivity contribution in [3.63, 3.8) is 0 Å².